The molecule has 2 heterocycles. The van der Waals surface area contributed by atoms with Crippen molar-refractivity contribution in [3.05, 3.63) is 12.2 Å². The van der Waals surface area contributed by atoms with Gasteiger partial charge in [0.25, 0.3) is 0 Å². The highest BCUT2D eigenvalue weighted by Crippen LogP contribution is 1.94. The highest BCUT2D eigenvalue weighted by atomic mass is 16.5. The summed E-state index contributed by atoms with van der Waals surface area (Å²) in [4.78, 5) is 15.3. The Balaban J connectivity index is 1.76. The fourth-order valence-corrected chi connectivity index (χ4v) is 1.29. The van der Waals surface area contributed by atoms with Gasteiger partial charge in [0.2, 0.25) is 12.3 Å². The van der Waals surface area contributed by atoms with E-state index in [-0.39, 0.29) is 18.5 Å². The summed E-state index contributed by atoms with van der Waals surface area (Å²) in [5.41, 5.74) is 0. The maximum atomic E-state index is 11.6. The van der Waals surface area contributed by atoms with E-state index in [9.17, 15) is 4.79 Å². The van der Waals surface area contributed by atoms with Crippen molar-refractivity contribution >= 4 is 5.91 Å². The van der Waals surface area contributed by atoms with Gasteiger partial charge in [0.05, 0.1) is 19.8 Å². The van der Waals surface area contributed by atoms with Crippen LogP contribution in [0.3, 0.4) is 0 Å². The maximum absolute atomic E-state index is 11.6. The van der Waals surface area contributed by atoms with E-state index in [1.165, 1.54) is 6.39 Å². The maximum Gasteiger partial charge on any atom is 0.239 e. The highest BCUT2D eigenvalue weighted by molar-refractivity contribution is 5.81. The van der Waals surface area contributed by atoms with Gasteiger partial charge in [0, 0.05) is 6.54 Å². The lowest BCUT2D eigenvalue weighted by atomic mass is 10.2. The van der Waals surface area contributed by atoms with Crippen LogP contribution in [-0.2, 0) is 16.1 Å². The largest absolute Gasteiger partial charge is 0.378 e. The predicted molar refractivity (Wildman–Crippen MR) is 48.8 cm³/mol. The number of hydrogen-bond acceptors (Lipinski definition) is 6. The molecule has 1 aliphatic heterocycles. The zero-order valence-corrected chi connectivity index (χ0v) is 8.10. The fraction of sp³-hybridized carbons (Fsp3) is 0.625. The van der Waals surface area contributed by atoms with Crippen LogP contribution in [0.2, 0.25) is 0 Å². The Morgan fingerprint density at radius 3 is 3.33 bits per heavy atom. The Morgan fingerprint density at radius 2 is 2.67 bits per heavy atom. The topological polar surface area (TPSA) is 89.3 Å². The second-order valence-corrected chi connectivity index (χ2v) is 3.15. The van der Waals surface area contributed by atoms with Crippen LogP contribution in [0.5, 0.6) is 0 Å². The van der Waals surface area contributed by atoms with Crippen molar-refractivity contribution in [1.82, 2.24) is 20.8 Å². The number of carbonyl (C=O) groups is 1. The summed E-state index contributed by atoms with van der Waals surface area (Å²) in [7, 11) is 0. The van der Waals surface area contributed by atoms with Crippen LogP contribution in [0.15, 0.2) is 10.9 Å². The Bertz CT molecular complexity index is 308. The summed E-state index contributed by atoms with van der Waals surface area (Å²) in [5.74, 6) is 0.347. The molecule has 1 aromatic heterocycles. The lowest BCUT2D eigenvalue weighted by Gasteiger charge is -2.22. The van der Waals surface area contributed by atoms with Gasteiger partial charge in [-0.2, -0.15) is 4.98 Å². The number of ether oxygens (including phenoxy) is 1. The van der Waals surface area contributed by atoms with Crippen molar-refractivity contribution in [2.24, 2.45) is 0 Å². The molecule has 2 rings (SSSR count). The molecule has 1 amide bonds. The van der Waals surface area contributed by atoms with E-state index < -0.39 is 0 Å². The first-order valence-electron chi connectivity index (χ1n) is 4.70. The SMILES string of the molecule is O=C(NCc1ncon1)C1COCCN1. The molecule has 1 atom stereocenters. The van der Waals surface area contributed by atoms with Crippen LogP contribution >= 0.6 is 0 Å². The van der Waals surface area contributed by atoms with Crippen LogP contribution in [-0.4, -0.2) is 41.8 Å². The van der Waals surface area contributed by atoms with E-state index in [2.05, 4.69) is 25.3 Å². The minimum Gasteiger partial charge on any atom is -0.378 e. The molecule has 0 saturated carbocycles. The van der Waals surface area contributed by atoms with Crippen molar-refractivity contribution in [3.8, 4) is 0 Å². The van der Waals surface area contributed by atoms with E-state index in [4.69, 9.17) is 4.74 Å². The van der Waals surface area contributed by atoms with Gasteiger partial charge in [-0.15, -0.1) is 0 Å². The molecule has 0 radical (unpaired) electrons. The first-order valence-corrected chi connectivity index (χ1v) is 4.70. The first kappa shape index (κ1) is 10.1. The molecule has 2 N–H and O–H groups in total. The Labute approximate surface area is 86.2 Å². The molecule has 1 unspecified atom stereocenters. The van der Waals surface area contributed by atoms with E-state index in [0.717, 1.165) is 0 Å². The Hall–Kier alpha value is -1.47. The van der Waals surface area contributed by atoms with Crippen LogP contribution in [0.25, 0.3) is 0 Å². The summed E-state index contributed by atoms with van der Waals surface area (Å²) in [5, 5.41) is 9.32. The number of carbonyl (C=O) groups excluding carboxylic acids is 1. The number of nitrogens with one attached hydrogen (secondary N) is 2. The molecule has 1 saturated heterocycles. The second kappa shape index (κ2) is 4.85. The molecular weight excluding hydrogens is 200 g/mol. The van der Waals surface area contributed by atoms with Crippen molar-refractivity contribution < 1.29 is 14.1 Å². The number of hydrogen-bond donors (Lipinski definition) is 2. The standard InChI is InChI=1S/C8H12N4O3/c13-8(6-4-14-2-1-9-6)10-3-7-11-5-15-12-7/h5-6,9H,1-4H2,(H,10,13). The van der Waals surface area contributed by atoms with Gasteiger partial charge >= 0.3 is 0 Å². The number of aromatic nitrogens is 2. The number of amides is 1. The van der Waals surface area contributed by atoms with Gasteiger partial charge in [-0.1, -0.05) is 5.16 Å². The summed E-state index contributed by atoms with van der Waals surface area (Å²) >= 11 is 0. The molecule has 7 nitrogen and oxygen atoms in total. The molecule has 1 fully saturated rings. The third kappa shape index (κ3) is 2.74. The minimum atomic E-state index is -0.286. The van der Waals surface area contributed by atoms with Crippen LogP contribution in [0, 0.1) is 0 Å². The molecule has 15 heavy (non-hydrogen) atoms. The summed E-state index contributed by atoms with van der Waals surface area (Å²) in [6, 6.07) is -0.286. The highest BCUT2D eigenvalue weighted by Gasteiger charge is 2.20. The van der Waals surface area contributed by atoms with Crippen molar-refractivity contribution in [2.45, 2.75) is 12.6 Å². The Morgan fingerprint density at radius 1 is 1.73 bits per heavy atom. The van der Waals surface area contributed by atoms with E-state index in [1.54, 1.807) is 0 Å². The quantitative estimate of drug-likeness (QED) is 0.645. The number of rotatable bonds is 3. The zero-order valence-electron chi connectivity index (χ0n) is 8.10. The monoisotopic (exact) mass is 212 g/mol. The smallest absolute Gasteiger partial charge is 0.239 e. The van der Waals surface area contributed by atoms with E-state index >= 15 is 0 Å². The van der Waals surface area contributed by atoms with Crippen molar-refractivity contribution in [3.63, 3.8) is 0 Å². The molecule has 0 bridgehead atoms. The van der Waals surface area contributed by atoms with Crippen molar-refractivity contribution in [1.29, 1.82) is 0 Å². The van der Waals surface area contributed by atoms with E-state index in [0.29, 0.717) is 25.6 Å². The molecular formula is C8H12N4O3. The molecule has 1 aromatic rings. The van der Waals surface area contributed by atoms with Gasteiger partial charge < -0.3 is 19.9 Å². The number of nitrogens with zero attached hydrogens (tertiary/aromatic N) is 2. The fourth-order valence-electron chi connectivity index (χ4n) is 1.29. The second-order valence-electron chi connectivity index (χ2n) is 3.15. The average Bonchev–Trinajstić information content (AvgIpc) is 2.80. The molecule has 1 aliphatic rings. The van der Waals surface area contributed by atoms with E-state index in [1.807, 2.05) is 0 Å². The molecule has 82 valence electrons. The van der Waals surface area contributed by atoms with Gasteiger partial charge in [-0.3, -0.25) is 4.79 Å². The molecule has 0 spiro atoms. The normalized spacial score (nSPS) is 21.2. The van der Waals surface area contributed by atoms with Crippen LogP contribution in [0.4, 0.5) is 0 Å². The zero-order chi connectivity index (χ0) is 10.5. The molecule has 0 aromatic carbocycles. The molecule has 7 heteroatoms. The Kier molecular flexibility index (Phi) is 3.25. The summed E-state index contributed by atoms with van der Waals surface area (Å²) in [6.45, 7) is 2.01. The minimum absolute atomic E-state index is 0.112. The van der Waals surface area contributed by atoms with Crippen LogP contribution in [0.1, 0.15) is 5.82 Å². The third-order valence-corrected chi connectivity index (χ3v) is 2.07. The van der Waals surface area contributed by atoms with Crippen molar-refractivity contribution in [2.75, 3.05) is 19.8 Å². The summed E-state index contributed by atoms with van der Waals surface area (Å²) < 4.78 is 9.71. The third-order valence-electron chi connectivity index (χ3n) is 2.07. The lowest BCUT2D eigenvalue weighted by Crippen LogP contribution is -2.51. The first-order chi connectivity index (χ1) is 7.36. The summed E-state index contributed by atoms with van der Waals surface area (Å²) in [6.07, 6.45) is 1.23. The lowest BCUT2D eigenvalue weighted by molar-refractivity contribution is -0.126. The van der Waals surface area contributed by atoms with Crippen LogP contribution < -0.4 is 10.6 Å². The predicted octanol–water partition coefficient (Wildman–Crippen LogP) is -1.33. The average molecular weight is 212 g/mol. The van der Waals surface area contributed by atoms with Gasteiger partial charge in [0.1, 0.15) is 6.04 Å². The molecule has 0 aliphatic carbocycles. The van der Waals surface area contributed by atoms with Gasteiger partial charge in [-0.25, -0.2) is 0 Å². The van der Waals surface area contributed by atoms with Gasteiger partial charge in [-0.05, 0) is 0 Å². The van der Waals surface area contributed by atoms with Gasteiger partial charge in [0.15, 0.2) is 5.82 Å². The number of morpholine rings is 1.